The topological polar surface area (TPSA) is 29.1 Å². The lowest BCUT2D eigenvalue weighted by Crippen LogP contribution is -2.39. The summed E-state index contributed by atoms with van der Waals surface area (Å²) in [5.41, 5.74) is 4.29. The van der Waals surface area contributed by atoms with Gasteiger partial charge in [-0.2, -0.15) is 0 Å². The van der Waals surface area contributed by atoms with Gasteiger partial charge < -0.3 is 10.1 Å². The number of hydrogen-bond acceptors (Lipinski definition) is 2. The Bertz CT molecular complexity index is 446. The number of aldehydes is 1. The van der Waals surface area contributed by atoms with Crippen molar-refractivity contribution in [3.8, 4) is 0 Å². The molecule has 0 bridgehead atoms. The number of benzene rings is 1. The van der Waals surface area contributed by atoms with E-state index in [-0.39, 0.29) is 11.3 Å². The van der Waals surface area contributed by atoms with Crippen molar-refractivity contribution in [3.63, 3.8) is 0 Å². The van der Waals surface area contributed by atoms with Crippen molar-refractivity contribution in [2.24, 2.45) is 5.41 Å². The molecule has 1 aliphatic carbocycles. The van der Waals surface area contributed by atoms with Crippen molar-refractivity contribution in [2.45, 2.75) is 32.1 Å². The fraction of sp³-hybridized carbons (Fsp3) is 0.533. The van der Waals surface area contributed by atoms with Gasteiger partial charge in [0.25, 0.3) is 0 Å². The van der Waals surface area contributed by atoms with Gasteiger partial charge in [0, 0.05) is 5.92 Å². The van der Waals surface area contributed by atoms with Crippen LogP contribution < -0.4 is 5.32 Å². The van der Waals surface area contributed by atoms with Crippen LogP contribution in [0.15, 0.2) is 18.2 Å². The van der Waals surface area contributed by atoms with Crippen LogP contribution in [0.4, 0.5) is 0 Å². The number of rotatable bonds is 1. The summed E-state index contributed by atoms with van der Waals surface area (Å²) in [4.78, 5) is 11.5. The first-order valence-corrected chi connectivity index (χ1v) is 6.51. The molecule has 1 heterocycles. The van der Waals surface area contributed by atoms with Crippen molar-refractivity contribution < 1.29 is 4.79 Å². The summed E-state index contributed by atoms with van der Waals surface area (Å²) in [6.07, 6.45) is 4.55. The predicted molar refractivity (Wildman–Crippen MR) is 68.2 cm³/mol. The van der Waals surface area contributed by atoms with Crippen molar-refractivity contribution >= 4 is 6.29 Å². The van der Waals surface area contributed by atoms with E-state index in [1.54, 1.807) is 0 Å². The zero-order chi connectivity index (χ0) is 11.9. The average molecular weight is 229 g/mol. The van der Waals surface area contributed by atoms with Gasteiger partial charge in [-0.05, 0) is 61.4 Å². The van der Waals surface area contributed by atoms with Gasteiger partial charge in [-0.25, -0.2) is 0 Å². The average Bonchev–Trinajstić information content (AvgIpc) is 2.65. The molecule has 90 valence electrons. The maximum Gasteiger partial charge on any atom is 0.128 e. The molecule has 17 heavy (non-hydrogen) atoms. The fourth-order valence-corrected chi connectivity index (χ4v) is 3.68. The first kappa shape index (κ1) is 11.0. The number of aryl methyl sites for hydroxylation is 1. The molecule has 1 spiro atoms. The molecule has 1 atom stereocenters. The van der Waals surface area contributed by atoms with Gasteiger partial charge in [-0.15, -0.1) is 0 Å². The molecule has 0 aromatic heterocycles. The zero-order valence-electron chi connectivity index (χ0n) is 10.3. The molecule has 0 radical (unpaired) electrons. The number of hydrogen-bond donors (Lipinski definition) is 1. The Balaban J connectivity index is 2.07. The summed E-state index contributed by atoms with van der Waals surface area (Å²) < 4.78 is 0. The second-order valence-corrected chi connectivity index (χ2v) is 5.55. The normalized spacial score (nSPS) is 25.8. The minimum absolute atomic E-state index is 0.125. The molecule has 1 N–H and O–H groups in total. The van der Waals surface area contributed by atoms with E-state index in [0.29, 0.717) is 0 Å². The Morgan fingerprint density at radius 2 is 2.12 bits per heavy atom. The molecule has 1 fully saturated rings. The third-order valence-electron chi connectivity index (χ3n) is 4.71. The van der Waals surface area contributed by atoms with E-state index < -0.39 is 0 Å². The molecule has 1 unspecified atom stereocenters. The largest absolute Gasteiger partial charge is 0.317 e. The highest BCUT2D eigenvalue weighted by Crippen LogP contribution is 2.52. The van der Waals surface area contributed by atoms with Crippen LogP contribution in [0.3, 0.4) is 0 Å². The smallest absolute Gasteiger partial charge is 0.128 e. The summed E-state index contributed by atoms with van der Waals surface area (Å²) in [6, 6.07) is 6.41. The van der Waals surface area contributed by atoms with E-state index in [0.717, 1.165) is 32.4 Å². The van der Waals surface area contributed by atoms with Crippen LogP contribution >= 0.6 is 0 Å². The molecule has 2 nitrogen and oxygen atoms in total. The molecule has 1 aromatic rings. The summed E-state index contributed by atoms with van der Waals surface area (Å²) in [5.74, 6) is 0.125. The van der Waals surface area contributed by atoms with Gasteiger partial charge in [-0.1, -0.05) is 18.2 Å². The van der Waals surface area contributed by atoms with Gasteiger partial charge in [0.15, 0.2) is 0 Å². The van der Waals surface area contributed by atoms with Crippen molar-refractivity contribution in [1.29, 1.82) is 0 Å². The molecular weight excluding hydrogens is 210 g/mol. The van der Waals surface area contributed by atoms with Gasteiger partial charge in [-0.3, -0.25) is 0 Å². The second kappa shape index (κ2) is 3.95. The summed E-state index contributed by atoms with van der Waals surface area (Å²) >= 11 is 0. The van der Waals surface area contributed by atoms with Gasteiger partial charge in [0.05, 0.1) is 0 Å². The SMILES string of the molecule is Cc1cccc2c1CC1(CCNCC1)C2C=O. The fourth-order valence-electron chi connectivity index (χ4n) is 3.68. The van der Waals surface area contributed by atoms with Crippen LogP contribution in [0.2, 0.25) is 0 Å². The lowest BCUT2D eigenvalue weighted by Gasteiger charge is -2.37. The van der Waals surface area contributed by atoms with Crippen molar-refractivity contribution in [1.82, 2.24) is 5.32 Å². The highest BCUT2D eigenvalue weighted by atomic mass is 16.1. The van der Waals surface area contributed by atoms with Crippen molar-refractivity contribution in [2.75, 3.05) is 13.1 Å². The van der Waals surface area contributed by atoms with E-state index in [1.165, 1.54) is 23.0 Å². The third-order valence-corrected chi connectivity index (χ3v) is 4.71. The highest BCUT2D eigenvalue weighted by molar-refractivity contribution is 5.68. The maximum atomic E-state index is 11.5. The van der Waals surface area contributed by atoms with Crippen LogP contribution in [-0.4, -0.2) is 19.4 Å². The lowest BCUT2D eigenvalue weighted by molar-refractivity contribution is -0.111. The highest BCUT2D eigenvalue weighted by Gasteiger charge is 2.46. The molecule has 2 heteroatoms. The summed E-state index contributed by atoms with van der Waals surface area (Å²) in [7, 11) is 0. The van der Waals surface area contributed by atoms with E-state index in [4.69, 9.17) is 0 Å². The molecule has 0 amide bonds. The molecule has 1 aliphatic heterocycles. The van der Waals surface area contributed by atoms with E-state index >= 15 is 0 Å². The molecule has 2 aliphatic rings. The van der Waals surface area contributed by atoms with Crippen LogP contribution in [0, 0.1) is 12.3 Å². The lowest BCUT2D eigenvalue weighted by atomic mass is 9.70. The van der Waals surface area contributed by atoms with Crippen LogP contribution in [0.1, 0.15) is 35.4 Å². The molecule has 1 saturated heterocycles. The number of carbonyl (C=O) groups is 1. The van der Waals surface area contributed by atoms with Crippen LogP contribution in [0.5, 0.6) is 0 Å². The van der Waals surface area contributed by atoms with E-state index in [9.17, 15) is 4.79 Å². The van der Waals surface area contributed by atoms with Gasteiger partial charge in [0.1, 0.15) is 6.29 Å². The predicted octanol–water partition coefficient (Wildman–Crippen LogP) is 2.20. The Morgan fingerprint density at radius 3 is 2.82 bits per heavy atom. The summed E-state index contributed by atoms with van der Waals surface area (Å²) in [5, 5.41) is 3.41. The van der Waals surface area contributed by atoms with E-state index in [1.807, 2.05) is 0 Å². The Morgan fingerprint density at radius 1 is 1.35 bits per heavy atom. The number of carbonyl (C=O) groups excluding carboxylic acids is 1. The second-order valence-electron chi connectivity index (χ2n) is 5.55. The monoisotopic (exact) mass is 229 g/mol. The minimum Gasteiger partial charge on any atom is -0.317 e. The first-order valence-electron chi connectivity index (χ1n) is 6.51. The van der Waals surface area contributed by atoms with Gasteiger partial charge >= 0.3 is 0 Å². The van der Waals surface area contributed by atoms with E-state index in [2.05, 4.69) is 30.4 Å². The van der Waals surface area contributed by atoms with Crippen molar-refractivity contribution in [3.05, 3.63) is 34.9 Å². The standard InChI is InChI=1S/C15H19NO/c1-11-3-2-4-12-13(11)9-15(14(12)10-17)5-7-16-8-6-15/h2-4,10,14,16H,5-9H2,1H3. The Hall–Kier alpha value is -1.15. The van der Waals surface area contributed by atoms with Crippen LogP contribution in [-0.2, 0) is 11.2 Å². The molecule has 3 rings (SSSR count). The van der Waals surface area contributed by atoms with Crippen LogP contribution in [0.25, 0.3) is 0 Å². The first-order chi connectivity index (χ1) is 8.27. The molecule has 1 aromatic carbocycles. The summed E-state index contributed by atoms with van der Waals surface area (Å²) in [6.45, 7) is 4.27. The van der Waals surface area contributed by atoms with Gasteiger partial charge in [0.2, 0.25) is 0 Å². The maximum absolute atomic E-state index is 11.5. The Kier molecular flexibility index (Phi) is 2.55. The number of piperidine rings is 1. The third kappa shape index (κ3) is 1.54. The zero-order valence-corrected chi connectivity index (χ0v) is 10.3. The minimum atomic E-state index is 0.125. The molecule has 0 saturated carbocycles. The number of fused-ring (bicyclic) bond motifs is 1. The quantitative estimate of drug-likeness (QED) is 0.748. The number of nitrogens with one attached hydrogen (secondary N) is 1. The molecular formula is C15H19NO. The Labute approximate surface area is 102 Å².